The van der Waals surface area contributed by atoms with Crippen LogP contribution in [0.1, 0.15) is 30.0 Å². The zero-order valence-electron chi connectivity index (χ0n) is 17.9. The SMILES string of the molecule is COCCn1c(=O)n(C)c(=O)c2ccc([C@H]3CCCN(Cc4ccc(F)cc4)C3)nc21. The maximum atomic E-state index is 13.2. The summed E-state index contributed by atoms with van der Waals surface area (Å²) < 4.78 is 21.0. The van der Waals surface area contributed by atoms with Gasteiger partial charge in [-0.25, -0.2) is 14.2 Å². The molecular weight excluding hydrogens is 399 g/mol. The third-order valence-corrected chi connectivity index (χ3v) is 5.97. The summed E-state index contributed by atoms with van der Waals surface area (Å²) in [4.78, 5) is 32.4. The second-order valence-electron chi connectivity index (χ2n) is 8.10. The van der Waals surface area contributed by atoms with Crippen LogP contribution in [0.15, 0.2) is 46.0 Å². The van der Waals surface area contributed by atoms with E-state index in [-0.39, 0.29) is 23.0 Å². The molecule has 1 aliphatic rings. The molecule has 3 heterocycles. The highest BCUT2D eigenvalue weighted by atomic mass is 19.1. The number of nitrogens with zero attached hydrogens (tertiary/aromatic N) is 4. The highest BCUT2D eigenvalue weighted by molar-refractivity contribution is 5.74. The largest absolute Gasteiger partial charge is 0.383 e. The standard InChI is InChI=1S/C23H27FN4O3/c1-26-22(29)19-9-10-20(25-21(19)28(23(26)30)12-13-31-2)17-4-3-11-27(15-17)14-16-5-7-18(24)8-6-16/h5-10,17H,3-4,11-15H2,1-2H3/t17-/m0/s1. The fourth-order valence-corrected chi connectivity index (χ4v) is 4.27. The average molecular weight is 426 g/mol. The van der Waals surface area contributed by atoms with Gasteiger partial charge in [0.1, 0.15) is 11.5 Å². The lowest BCUT2D eigenvalue weighted by atomic mass is 9.93. The molecule has 1 atom stereocenters. The Balaban J connectivity index is 1.64. The minimum Gasteiger partial charge on any atom is -0.383 e. The van der Waals surface area contributed by atoms with Crippen molar-refractivity contribution in [3.8, 4) is 0 Å². The van der Waals surface area contributed by atoms with Crippen LogP contribution in [0.2, 0.25) is 0 Å². The second-order valence-corrected chi connectivity index (χ2v) is 8.10. The predicted molar refractivity (Wildman–Crippen MR) is 117 cm³/mol. The molecule has 0 spiro atoms. The molecule has 0 radical (unpaired) electrons. The molecule has 3 aromatic rings. The number of hydrogen-bond acceptors (Lipinski definition) is 5. The normalized spacial score (nSPS) is 17.3. The summed E-state index contributed by atoms with van der Waals surface area (Å²) in [7, 11) is 3.06. The number of piperidine rings is 1. The zero-order chi connectivity index (χ0) is 22.0. The van der Waals surface area contributed by atoms with Gasteiger partial charge in [-0.2, -0.15) is 0 Å². The molecule has 164 valence electrons. The molecule has 1 saturated heterocycles. The Kier molecular flexibility index (Phi) is 6.29. The number of methoxy groups -OCH3 is 1. The number of rotatable bonds is 6. The van der Waals surface area contributed by atoms with Crippen LogP contribution >= 0.6 is 0 Å². The Hall–Kier alpha value is -2.84. The summed E-state index contributed by atoms with van der Waals surface area (Å²) in [6.45, 7) is 3.23. The van der Waals surface area contributed by atoms with Crippen LogP contribution in [0.4, 0.5) is 4.39 Å². The third kappa shape index (κ3) is 4.45. The molecule has 1 aromatic carbocycles. The fourth-order valence-electron chi connectivity index (χ4n) is 4.27. The highest BCUT2D eigenvalue weighted by Gasteiger charge is 2.24. The Morgan fingerprint density at radius 1 is 1.16 bits per heavy atom. The van der Waals surface area contributed by atoms with E-state index in [0.29, 0.717) is 24.2 Å². The lowest BCUT2D eigenvalue weighted by Crippen LogP contribution is -2.39. The lowest BCUT2D eigenvalue weighted by Gasteiger charge is -2.32. The summed E-state index contributed by atoms with van der Waals surface area (Å²) in [5, 5.41) is 0.431. The first kappa shape index (κ1) is 21.4. The van der Waals surface area contributed by atoms with Crippen LogP contribution in [-0.4, -0.2) is 45.8 Å². The summed E-state index contributed by atoms with van der Waals surface area (Å²) in [6.07, 6.45) is 2.02. The van der Waals surface area contributed by atoms with E-state index in [1.807, 2.05) is 18.2 Å². The van der Waals surface area contributed by atoms with Crippen molar-refractivity contribution in [2.24, 2.45) is 7.05 Å². The molecule has 1 aliphatic heterocycles. The van der Waals surface area contributed by atoms with E-state index in [1.54, 1.807) is 13.2 Å². The Morgan fingerprint density at radius 2 is 1.94 bits per heavy atom. The number of benzene rings is 1. The van der Waals surface area contributed by atoms with E-state index in [0.717, 1.165) is 48.3 Å². The van der Waals surface area contributed by atoms with Gasteiger partial charge in [-0.15, -0.1) is 0 Å². The molecule has 0 N–H and O–H groups in total. The highest BCUT2D eigenvalue weighted by Crippen LogP contribution is 2.27. The van der Waals surface area contributed by atoms with Gasteiger partial charge in [0.15, 0.2) is 0 Å². The number of likely N-dealkylation sites (tertiary alicyclic amines) is 1. The Morgan fingerprint density at radius 3 is 2.68 bits per heavy atom. The summed E-state index contributed by atoms with van der Waals surface area (Å²) >= 11 is 0. The molecule has 31 heavy (non-hydrogen) atoms. The van der Waals surface area contributed by atoms with Crippen molar-refractivity contribution >= 4 is 11.0 Å². The van der Waals surface area contributed by atoms with E-state index in [9.17, 15) is 14.0 Å². The monoisotopic (exact) mass is 426 g/mol. The van der Waals surface area contributed by atoms with Gasteiger partial charge in [0, 0.05) is 38.9 Å². The van der Waals surface area contributed by atoms with Gasteiger partial charge in [0.25, 0.3) is 5.56 Å². The van der Waals surface area contributed by atoms with Crippen molar-refractivity contribution in [3.63, 3.8) is 0 Å². The van der Waals surface area contributed by atoms with Gasteiger partial charge in [-0.1, -0.05) is 12.1 Å². The zero-order valence-corrected chi connectivity index (χ0v) is 17.9. The van der Waals surface area contributed by atoms with Gasteiger partial charge >= 0.3 is 5.69 Å². The fraction of sp³-hybridized carbons (Fsp3) is 0.435. The van der Waals surface area contributed by atoms with E-state index < -0.39 is 0 Å². The first-order valence-electron chi connectivity index (χ1n) is 10.5. The molecule has 2 aromatic heterocycles. The van der Waals surface area contributed by atoms with Crippen molar-refractivity contribution in [1.82, 2.24) is 19.0 Å². The first-order chi connectivity index (χ1) is 15.0. The summed E-state index contributed by atoms with van der Waals surface area (Å²) in [5.41, 5.74) is 1.65. The summed E-state index contributed by atoms with van der Waals surface area (Å²) in [6, 6.07) is 10.3. The number of halogens is 1. The van der Waals surface area contributed by atoms with Crippen molar-refractivity contribution in [2.45, 2.75) is 31.8 Å². The molecule has 0 amide bonds. The van der Waals surface area contributed by atoms with Crippen molar-refractivity contribution < 1.29 is 9.13 Å². The molecule has 0 aliphatic carbocycles. The molecule has 0 unspecified atom stereocenters. The maximum Gasteiger partial charge on any atom is 0.332 e. The molecular formula is C23H27FN4O3. The molecule has 0 saturated carbocycles. The maximum absolute atomic E-state index is 13.2. The van der Waals surface area contributed by atoms with Crippen LogP contribution in [0.3, 0.4) is 0 Å². The van der Waals surface area contributed by atoms with Crippen molar-refractivity contribution in [3.05, 3.63) is 74.3 Å². The molecule has 8 heteroatoms. The molecule has 0 bridgehead atoms. The topological polar surface area (TPSA) is 69.4 Å². The van der Waals surface area contributed by atoms with E-state index in [1.165, 1.54) is 23.7 Å². The van der Waals surface area contributed by atoms with Gasteiger partial charge in [-0.3, -0.25) is 18.8 Å². The number of fused-ring (bicyclic) bond motifs is 1. The average Bonchev–Trinajstić information content (AvgIpc) is 2.79. The summed E-state index contributed by atoms with van der Waals surface area (Å²) in [5.74, 6) is -0.0278. The predicted octanol–water partition coefficient (Wildman–Crippen LogP) is 2.26. The van der Waals surface area contributed by atoms with Crippen LogP contribution in [0, 0.1) is 5.82 Å². The minimum absolute atomic E-state index is 0.202. The number of pyridine rings is 1. The van der Waals surface area contributed by atoms with Crippen molar-refractivity contribution in [1.29, 1.82) is 0 Å². The molecule has 1 fully saturated rings. The van der Waals surface area contributed by atoms with E-state index in [4.69, 9.17) is 9.72 Å². The molecule has 7 nitrogen and oxygen atoms in total. The van der Waals surface area contributed by atoms with Gasteiger partial charge in [0.05, 0.1) is 18.5 Å². The quantitative estimate of drug-likeness (QED) is 0.605. The van der Waals surface area contributed by atoms with Crippen molar-refractivity contribution in [2.75, 3.05) is 26.8 Å². The second kappa shape index (κ2) is 9.11. The van der Waals surface area contributed by atoms with E-state index in [2.05, 4.69) is 4.90 Å². The van der Waals surface area contributed by atoms with E-state index >= 15 is 0 Å². The van der Waals surface area contributed by atoms with Gasteiger partial charge in [0.2, 0.25) is 0 Å². The minimum atomic E-state index is -0.388. The van der Waals surface area contributed by atoms with Crippen LogP contribution in [-0.2, 0) is 24.9 Å². The first-order valence-corrected chi connectivity index (χ1v) is 10.5. The number of ether oxygens (including phenoxy) is 1. The lowest BCUT2D eigenvalue weighted by molar-refractivity contribution is 0.186. The van der Waals surface area contributed by atoms with Crippen LogP contribution < -0.4 is 11.2 Å². The van der Waals surface area contributed by atoms with Gasteiger partial charge in [-0.05, 0) is 49.2 Å². The van der Waals surface area contributed by atoms with Crippen LogP contribution in [0.25, 0.3) is 11.0 Å². The molecule has 4 rings (SSSR count). The number of aromatic nitrogens is 3. The van der Waals surface area contributed by atoms with Gasteiger partial charge < -0.3 is 4.74 Å². The Bertz CT molecular complexity index is 1190. The smallest absolute Gasteiger partial charge is 0.332 e. The third-order valence-electron chi connectivity index (χ3n) is 5.97. The van der Waals surface area contributed by atoms with Crippen LogP contribution in [0.5, 0.6) is 0 Å². The number of hydrogen-bond donors (Lipinski definition) is 0. The Labute approximate surface area is 179 Å².